The smallest absolute Gasteiger partial charge is 0.499 e. The Hall–Kier alpha value is -2.00. The van der Waals surface area contributed by atoms with Crippen molar-refractivity contribution in [2.45, 2.75) is 24.6 Å². The average molecular weight is 393 g/mol. The van der Waals surface area contributed by atoms with Gasteiger partial charge in [0, 0.05) is 12.1 Å². The third-order valence-corrected chi connectivity index (χ3v) is 2.33. The molecule has 0 aliphatic rings. The minimum absolute atomic E-state index is 0.00485. The number of hydrogen-bond donors (Lipinski definition) is 2. The van der Waals surface area contributed by atoms with E-state index in [0.29, 0.717) is 6.07 Å². The van der Waals surface area contributed by atoms with Crippen LogP contribution in [0, 0.1) is 5.21 Å². The van der Waals surface area contributed by atoms with Crippen molar-refractivity contribution in [3.05, 3.63) is 23.4 Å². The van der Waals surface area contributed by atoms with Crippen molar-refractivity contribution < 1.29 is 63.8 Å². The highest BCUT2D eigenvalue weighted by atomic mass is 19.4. The predicted octanol–water partition coefficient (Wildman–Crippen LogP) is 3.16. The first-order valence-corrected chi connectivity index (χ1v) is 5.62. The van der Waals surface area contributed by atoms with Gasteiger partial charge in [0.2, 0.25) is 0 Å². The lowest BCUT2D eigenvalue weighted by Gasteiger charge is -2.25. The Balaban J connectivity index is 3.35. The van der Waals surface area contributed by atoms with E-state index in [2.05, 4.69) is 9.47 Å². The van der Waals surface area contributed by atoms with Crippen LogP contribution in [0.5, 0.6) is 11.5 Å². The molecule has 144 valence electrons. The first-order valence-electron chi connectivity index (χ1n) is 5.62. The molecule has 1 rings (SSSR count). The second-order valence-corrected chi connectivity index (χ2v) is 4.20. The Morgan fingerprint density at radius 3 is 1.52 bits per heavy atom. The lowest BCUT2D eigenvalue weighted by atomic mass is 10.2. The molecule has 1 aromatic rings. The molecular weight excluding hydrogens is 388 g/mol. The lowest BCUT2D eigenvalue weighted by Crippen LogP contribution is -2.99. The van der Waals surface area contributed by atoms with Gasteiger partial charge in [0.1, 0.15) is 0 Å². The molecule has 25 heavy (non-hydrogen) atoms. The summed E-state index contributed by atoms with van der Waals surface area (Å²) in [5.74, 6) is -3.89. The maximum absolute atomic E-state index is 12.8. The SMILES string of the molecule is [O-][NH+](O)c1ccc(OC(F)(F)C(F)(F)F)c(OC(F)(F)C(F)(F)F)c1. The fourth-order valence-electron chi connectivity index (χ4n) is 1.20. The Morgan fingerprint density at radius 2 is 1.16 bits per heavy atom. The number of nitrogens with one attached hydrogen (secondary N) is 1. The van der Waals surface area contributed by atoms with Crippen molar-refractivity contribution in [1.29, 1.82) is 0 Å². The van der Waals surface area contributed by atoms with E-state index in [1.165, 1.54) is 0 Å². The lowest BCUT2D eigenvalue weighted by molar-refractivity contribution is -0.991. The number of alkyl halides is 10. The molecule has 0 fully saturated rings. The van der Waals surface area contributed by atoms with Gasteiger partial charge in [0.25, 0.3) is 0 Å². The van der Waals surface area contributed by atoms with Gasteiger partial charge in [-0.3, -0.25) is 0 Å². The maximum atomic E-state index is 12.8. The largest absolute Gasteiger partial charge is 0.595 e. The molecule has 0 spiro atoms. The highest BCUT2D eigenvalue weighted by molar-refractivity contribution is 5.48. The van der Waals surface area contributed by atoms with Crippen LogP contribution < -0.4 is 14.7 Å². The van der Waals surface area contributed by atoms with E-state index in [-0.39, 0.29) is 12.1 Å². The van der Waals surface area contributed by atoms with E-state index in [0.717, 1.165) is 0 Å². The second kappa shape index (κ2) is 6.38. The van der Waals surface area contributed by atoms with Crippen molar-refractivity contribution in [2.75, 3.05) is 0 Å². The van der Waals surface area contributed by atoms with Gasteiger partial charge in [-0.15, -0.1) is 0 Å². The summed E-state index contributed by atoms with van der Waals surface area (Å²) >= 11 is 0. The molecule has 0 aromatic heterocycles. The highest BCUT2D eigenvalue weighted by Gasteiger charge is 2.63. The van der Waals surface area contributed by atoms with Crippen molar-refractivity contribution in [3.8, 4) is 11.5 Å². The molecule has 15 heteroatoms. The summed E-state index contributed by atoms with van der Waals surface area (Å²) in [6.45, 7) is 0. The van der Waals surface area contributed by atoms with E-state index in [4.69, 9.17) is 5.21 Å². The Bertz CT molecular complexity index is 613. The second-order valence-electron chi connectivity index (χ2n) is 4.20. The first kappa shape index (κ1) is 21.0. The van der Waals surface area contributed by atoms with Gasteiger partial charge in [-0.25, -0.2) is 5.21 Å². The van der Waals surface area contributed by atoms with E-state index >= 15 is 0 Å². The van der Waals surface area contributed by atoms with Crippen molar-refractivity contribution >= 4 is 5.69 Å². The van der Waals surface area contributed by atoms with Crippen LogP contribution in [0.25, 0.3) is 0 Å². The van der Waals surface area contributed by atoms with Gasteiger partial charge in [-0.2, -0.15) is 49.1 Å². The monoisotopic (exact) mass is 393 g/mol. The van der Waals surface area contributed by atoms with Crippen molar-refractivity contribution in [2.24, 2.45) is 0 Å². The van der Waals surface area contributed by atoms with E-state index < -0.39 is 47.0 Å². The maximum Gasteiger partial charge on any atom is 0.499 e. The minimum Gasteiger partial charge on any atom is -0.595 e. The van der Waals surface area contributed by atoms with Crippen LogP contribution in [-0.2, 0) is 0 Å². The fourth-order valence-corrected chi connectivity index (χ4v) is 1.20. The number of quaternary nitrogens is 1. The molecule has 0 aliphatic carbocycles. The quantitative estimate of drug-likeness (QED) is 0.596. The Morgan fingerprint density at radius 1 is 0.760 bits per heavy atom. The summed E-state index contributed by atoms with van der Waals surface area (Å²) in [6, 6.07) is 0.192. The predicted molar refractivity (Wildman–Crippen MR) is 55.5 cm³/mol. The molecule has 0 saturated heterocycles. The van der Waals surface area contributed by atoms with Crippen LogP contribution in [0.3, 0.4) is 0 Å². The first-order chi connectivity index (χ1) is 11.0. The summed E-state index contributed by atoms with van der Waals surface area (Å²) in [5.41, 5.74) is -1.05. The van der Waals surface area contributed by atoms with E-state index in [1.807, 2.05) is 0 Å². The molecule has 0 bridgehead atoms. The van der Waals surface area contributed by atoms with E-state index in [9.17, 15) is 49.1 Å². The molecule has 1 atom stereocenters. The summed E-state index contributed by atoms with van der Waals surface area (Å²) < 4.78 is 130. The molecule has 0 amide bonds. The molecule has 0 heterocycles. The van der Waals surface area contributed by atoms with Gasteiger partial charge >= 0.3 is 24.6 Å². The summed E-state index contributed by atoms with van der Waals surface area (Å²) in [6.07, 6.45) is -24.7. The van der Waals surface area contributed by atoms with Crippen LogP contribution in [0.1, 0.15) is 0 Å². The molecule has 0 saturated carbocycles. The zero-order valence-electron chi connectivity index (χ0n) is 11.2. The topological polar surface area (TPSA) is 66.2 Å². The Labute approximate surface area is 130 Å². The molecule has 0 aliphatic heterocycles. The molecular formula is C10H5F10NO4. The van der Waals surface area contributed by atoms with E-state index in [1.54, 1.807) is 0 Å². The van der Waals surface area contributed by atoms with Gasteiger partial charge < -0.3 is 14.7 Å². The normalized spacial score (nSPS) is 15.0. The zero-order chi connectivity index (χ0) is 19.8. The molecule has 0 radical (unpaired) electrons. The van der Waals surface area contributed by atoms with Gasteiger partial charge in [0.05, 0.1) is 0 Å². The average Bonchev–Trinajstić information content (AvgIpc) is 2.37. The third kappa shape index (κ3) is 4.76. The summed E-state index contributed by atoms with van der Waals surface area (Å²) in [7, 11) is 0. The Kier molecular flexibility index (Phi) is 5.37. The number of benzene rings is 1. The van der Waals surface area contributed by atoms with Gasteiger partial charge in [0.15, 0.2) is 17.2 Å². The molecule has 2 N–H and O–H groups in total. The van der Waals surface area contributed by atoms with Crippen LogP contribution in [0.15, 0.2) is 18.2 Å². The number of ether oxygens (including phenoxy) is 2. The zero-order valence-corrected chi connectivity index (χ0v) is 11.2. The van der Waals surface area contributed by atoms with Crippen LogP contribution in [0.4, 0.5) is 49.6 Å². The van der Waals surface area contributed by atoms with Crippen LogP contribution >= 0.6 is 0 Å². The van der Waals surface area contributed by atoms with Crippen LogP contribution in [-0.4, -0.2) is 29.8 Å². The standard InChI is InChI=1S/C10H5F10NO4/c11-7(12,13)9(17,18)24-5-2-1-4(21(22)23)3-6(5)25-10(19,20)8(14,15)16/h1-3,21-22H. The van der Waals surface area contributed by atoms with Crippen LogP contribution in [0.2, 0.25) is 0 Å². The van der Waals surface area contributed by atoms with Gasteiger partial charge in [-0.05, 0) is 6.07 Å². The van der Waals surface area contributed by atoms with Gasteiger partial charge in [-0.1, -0.05) is 0 Å². The van der Waals surface area contributed by atoms with Crippen molar-refractivity contribution in [1.82, 2.24) is 0 Å². The molecule has 1 aromatic carbocycles. The fraction of sp³-hybridized carbons (Fsp3) is 0.400. The summed E-state index contributed by atoms with van der Waals surface area (Å²) in [4.78, 5) is 0. The molecule has 5 nitrogen and oxygen atoms in total. The minimum atomic E-state index is -6.38. The number of rotatable bonds is 5. The summed E-state index contributed by atoms with van der Waals surface area (Å²) in [5, 5.41) is 17.3. The number of hydrogen-bond acceptors (Lipinski definition) is 4. The number of halogens is 10. The third-order valence-electron chi connectivity index (χ3n) is 2.33. The van der Waals surface area contributed by atoms with Crippen molar-refractivity contribution in [3.63, 3.8) is 0 Å². The molecule has 1 unspecified atom stereocenters. The highest BCUT2D eigenvalue weighted by Crippen LogP contribution is 2.44.